The minimum absolute atomic E-state index is 0.204. The van der Waals surface area contributed by atoms with Crippen LogP contribution in [0.2, 0.25) is 0 Å². The lowest BCUT2D eigenvalue weighted by atomic mass is 10.1. The van der Waals surface area contributed by atoms with Crippen LogP contribution in [-0.2, 0) is 9.53 Å². The predicted molar refractivity (Wildman–Crippen MR) is 56.6 cm³/mol. The van der Waals surface area contributed by atoms with Gasteiger partial charge in [0.15, 0.2) is 6.10 Å². The zero-order valence-corrected chi connectivity index (χ0v) is 8.84. The van der Waals surface area contributed by atoms with Gasteiger partial charge in [-0.15, -0.1) is 0 Å². The number of aliphatic hydroxyl groups is 1. The first-order chi connectivity index (χ1) is 7.56. The number of hydrogen-bond acceptors (Lipinski definition) is 4. The first-order valence-corrected chi connectivity index (χ1v) is 4.80. The quantitative estimate of drug-likeness (QED) is 0.722. The number of carbonyl (C=O) groups excluding carboxylic acids is 2. The van der Waals surface area contributed by atoms with Crippen molar-refractivity contribution in [2.24, 2.45) is 5.73 Å². The summed E-state index contributed by atoms with van der Waals surface area (Å²) in [5.74, 6) is -1.27. The summed E-state index contributed by atoms with van der Waals surface area (Å²) in [7, 11) is 0. The maximum Gasteiger partial charge on any atom is 0.339 e. The van der Waals surface area contributed by atoms with Gasteiger partial charge < -0.3 is 15.6 Å². The van der Waals surface area contributed by atoms with E-state index in [4.69, 9.17) is 5.73 Å². The molecule has 1 unspecified atom stereocenters. The molecule has 0 fully saturated rings. The molecule has 5 heteroatoms. The highest BCUT2D eigenvalue weighted by Gasteiger charge is 2.18. The number of ether oxygens (including phenoxy) is 1. The zero-order chi connectivity index (χ0) is 12.1. The molecule has 1 aromatic rings. The molecule has 0 aliphatic heterocycles. The molecule has 0 spiro atoms. The molecule has 0 bridgehead atoms. The van der Waals surface area contributed by atoms with Crippen molar-refractivity contribution in [3.8, 4) is 0 Å². The van der Waals surface area contributed by atoms with Crippen LogP contribution in [0.5, 0.6) is 0 Å². The van der Waals surface area contributed by atoms with Gasteiger partial charge >= 0.3 is 5.97 Å². The SMILES string of the molecule is CCOC(=O)C(O)c1ccc(C(N)=O)cc1. The Bertz CT molecular complexity index is 385. The van der Waals surface area contributed by atoms with E-state index >= 15 is 0 Å². The predicted octanol–water partition coefficient (Wildman–Crippen LogP) is 0.382. The Morgan fingerprint density at radius 1 is 1.38 bits per heavy atom. The molecular weight excluding hydrogens is 210 g/mol. The molecule has 3 N–H and O–H groups in total. The van der Waals surface area contributed by atoms with Gasteiger partial charge in [-0.05, 0) is 24.6 Å². The number of esters is 1. The average Bonchev–Trinajstić information content (AvgIpc) is 2.28. The third kappa shape index (κ3) is 2.80. The van der Waals surface area contributed by atoms with Crippen molar-refractivity contribution in [1.29, 1.82) is 0 Å². The normalized spacial score (nSPS) is 11.9. The lowest BCUT2D eigenvalue weighted by molar-refractivity contribution is -0.153. The first kappa shape index (κ1) is 12.2. The number of benzene rings is 1. The van der Waals surface area contributed by atoms with E-state index in [9.17, 15) is 14.7 Å². The molecule has 0 heterocycles. The standard InChI is InChI=1S/C11H13NO4/c1-2-16-11(15)9(13)7-3-5-8(6-4-7)10(12)14/h3-6,9,13H,2H2,1H3,(H2,12,14). The maximum absolute atomic E-state index is 11.2. The Morgan fingerprint density at radius 2 is 1.94 bits per heavy atom. The molecule has 0 aliphatic rings. The smallest absolute Gasteiger partial charge is 0.339 e. The van der Waals surface area contributed by atoms with Gasteiger partial charge in [-0.1, -0.05) is 12.1 Å². The monoisotopic (exact) mass is 223 g/mol. The van der Waals surface area contributed by atoms with Crippen molar-refractivity contribution in [3.63, 3.8) is 0 Å². The van der Waals surface area contributed by atoms with E-state index in [2.05, 4.69) is 4.74 Å². The minimum Gasteiger partial charge on any atom is -0.464 e. The van der Waals surface area contributed by atoms with Gasteiger partial charge in [-0.25, -0.2) is 4.79 Å². The Hall–Kier alpha value is -1.88. The summed E-state index contributed by atoms with van der Waals surface area (Å²) in [6.07, 6.45) is -1.33. The van der Waals surface area contributed by atoms with E-state index in [-0.39, 0.29) is 6.61 Å². The highest BCUT2D eigenvalue weighted by atomic mass is 16.5. The number of nitrogens with two attached hydrogens (primary N) is 1. The molecule has 1 amide bonds. The zero-order valence-electron chi connectivity index (χ0n) is 8.84. The summed E-state index contributed by atoms with van der Waals surface area (Å²) < 4.78 is 4.66. The fourth-order valence-corrected chi connectivity index (χ4v) is 1.19. The molecular formula is C11H13NO4. The van der Waals surface area contributed by atoms with Gasteiger partial charge in [0.05, 0.1) is 6.61 Å². The van der Waals surface area contributed by atoms with E-state index in [1.165, 1.54) is 24.3 Å². The second-order valence-electron chi connectivity index (χ2n) is 3.14. The van der Waals surface area contributed by atoms with Crippen LogP contribution in [0, 0.1) is 0 Å². The van der Waals surface area contributed by atoms with E-state index in [1.54, 1.807) is 6.92 Å². The molecule has 0 radical (unpaired) electrons. The Balaban J connectivity index is 2.81. The summed E-state index contributed by atoms with van der Waals surface area (Å²) >= 11 is 0. The van der Waals surface area contributed by atoms with Crippen molar-refractivity contribution < 1.29 is 19.4 Å². The first-order valence-electron chi connectivity index (χ1n) is 4.80. The van der Waals surface area contributed by atoms with Gasteiger partial charge in [0.25, 0.3) is 0 Å². The van der Waals surface area contributed by atoms with Gasteiger partial charge in [-0.3, -0.25) is 4.79 Å². The van der Waals surface area contributed by atoms with Crippen molar-refractivity contribution in [2.45, 2.75) is 13.0 Å². The van der Waals surface area contributed by atoms with E-state index < -0.39 is 18.0 Å². The van der Waals surface area contributed by atoms with E-state index in [0.29, 0.717) is 11.1 Å². The highest BCUT2D eigenvalue weighted by molar-refractivity contribution is 5.92. The third-order valence-electron chi connectivity index (χ3n) is 2.02. The minimum atomic E-state index is -1.33. The molecule has 1 atom stereocenters. The molecule has 0 saturated heterocycles. The van der Waals surface area contributed by atoms with Crippen molar-refractivity contribution in [2.75, 3.05) is 6.61 Å². The van der Waals surface area contributed by atoms with Gasteiger partial charge in [0.1, 0.15) is 0 Å². The summed E-state index contributed by atoms with van der Waals surface area (Å²) in [6, 6.07) is 5.81. The molecule has 1 aromatic carbocycles. The summed E-state index contributed by atoms with van der Waals surface area (Å²) in [5, 5.41) is 9.56. The van der Waals surface area contributed by atoms with Crippen LogP contribution < -0.4 is 5.73 Å². The van der Waals surface area contributed by atoms with E-state index in [1.807, 2.05) is 0 Å². The van der Waals surface area contributed by atoms with Crippen LogP contribution in [0.15, 0.2) is 24.3 Å². The Kier molecular flexibility index (Phi) is 4.02. The van der Waals surface area contributed by atoms with Crippen LogP contribution in [0.1, 0.15) is 28.9 Å². The van der Waals surface area contributed by atoms with E-state index in [0.717, 1.165) is 0 Å². The number of rotatable bonds is 4. The largest absolute Gasteiger partial charge is 0.464 e. The second-order valence-corrected chi connectivity index (χ2v) is 3.14. The number of primary amides is 1. The van der Waals surface area contributed by atoms with Crippen molar-refractivity contribution in [3.05, 3.63) is 35.4 Å². The van der Waals surface area contributed by atoms with Crippen LogP contribution in [-0.4, -0.2) is 23.6 Å². The molecule has 5 nitrogen and oxygen atoms in total. The Morgan fingerprint density at radius 3 is 2.38 bits per heavy atom. The Labute approximate surface area is 92.8 Å². The molecule has 0 saturated carbocycles. The van der Waals surface area contributed by atoms with Gasteiger partial charge in [-0.2, -0.15) is 0 Å². The summed E-state index contributed by atoms with van der Waals surface area (Å²) in [6.45, 7) is 1.86. The highest BCUT2D eigenvalue weighted by Crippen LogP contribution is 2.15. The van der Waals surface area contributed by atoms with Crippen LogP contribution in [0.4, 0.5) is 0 Å². The van der Waals surface area contributed by atoms with Gasteiger partial charge in [0, 0.05) is 5.56 Å². The van der Waals surface area contributed by atoms with Crippen LogP contribution in [0.3, 0.4) is 0 Å². The third-order valence-corrected chi connectivity index (χ3v) is 2.02. The molecule has 0 aromatic heterocycles. The maximum atomic E-state index is 11.2. The van der Waals surface area contributed by atoms with Gasteiger partial charge in [0.2, 0.25) is 5.91 Å². The topological polar surface area (TPSA) is 89.6 Å². The average molecular weight is 223 g/mol. The fraction of sp³-hybridized carbons (Fsp3) is 0.273. The summed E-state index contributed by atoms with van der Waals surface area (Å²) in [5.41, 5.74) is 5.74. The van der Waals surface area contributed by atoms with Crippen LogP contribution in [0.25, 0.3) is 0 Å². The number of aliphatic hydroxyl groups excluding tert-OH is 1. The number of amides is 1. The molecule has 86 valence electrons. The number of carbonyl (C=O) groups is 2. The fourth-order valence-electron chi connectivity index (χ4n) is 1.19. The molecule has 1 rings (SSSR count). The van der Waals surface area contributed by atoms with Crippen molar-refractivity contribution in [1.82, 2.24) is 0 Å². The molecule has 0 aliphatic carbocycles. The second kappa shape index (κ2) is 5.27. The lowest BCUT2D eigenvalue weighted by Crippen LogP contribution is -2.16. The molecule has 16 heavy (non-hydrogen) atoms. The lowest BCUT2D eigenvalue weighted by Gasteiger charge is -2.09. The number of hydrogen-bond donors (Lipinski definition) is 2. The van der Waals surface area contributed by atoms with Crippen LogP contribution >= 0.6 is 0 Å². The van der Waals surface area contributed by atoms with Crippen molar-refractivity contribution >= 4 is 11.9 Å². The summed E-state index contributed by atoms with van der Waals surface area (Å²) in [4.78, 5) is 22.0.